The van der Waals surface area contributed by atoms with Crippen LogP contribution in [0.1, 0.15) is 5.56 Å². The van der Waals surface area contributed by atoms with Crippen LogP contribution in [0.25, 0.3) is 21.5 Å². The number of hydrogen-bond donors (Lipinski definition) is 0. The van der Waals surface area contributed by atoms with E-state index in [1.54, 1.807) is 24.8 Å². The van der Waals surface area contributed by atoms with Gasteiger partial charge in [-0.25, -0.2) is 9.97 Å². The molecule has 0 saturated carbocycles. The van der Waals surface area contributed by atoms with Crippen molar-refractivity contribution in [3.05, 3.63) is 40.5 Å². The lowest BCUT2D eigenvalue weighted by molar-refractivity contribution is 0.416. The van der Waals surface area contributed by atoms with Crippen LogP contribution in [0.3, 0.4) is 0 Å². The molecule has 0 unspecified atom stereocenters. The van der Waals surface area contributed by atoms with Crippen LogP contribution in [0.15, 0.2) is 29.9 Å². The molecule has 0 bridgehead atoms. The summed E-state index contributed by atoms with van der Waals surface area (Å²) in [6.07, 6.45) is 1.57. The van der Waals surface area contributed by atoms with E-state index in [1.807, 2.05) is 18.2 Å². The summed E-state index contributed by atoms with van der Waals surface area (Å²) in [5, 5.41) is 3.75. The number of hydrogen-bond acceptors (Lipinski definition) is 4. The Balaban J connectivity index is 2.40. The first kappa shape index (κ1) is 12.4. The molecule has 0 saturated heterocycles. The third-order valence-corrected chi connectivity index (χ3v) is 4.31. The van der Waals surface area contributed by atoms with Crippen molar-refractivity contribution < 1.29 is 4.74 Å². The van der Waals surface area contributed by atoms with E-state index in [9.17, 15) is 0 Å². The molecule has 0 N–H and O–H groups in total. The Morgan fingerprint density at radius 1 is 1.26 bits per heavy atom. The number of methoxy groups -OCH3 is 1. The highest BCUT2D eigenvalue weighted by atomic mass is 35.5. The maximum absolute atomic E-state index is 6.33. The highest BCUT2D eigenvalue weighted by Gasteiger charge is 2.17. The second kappa shape index (κ2) is 4.79. The van der Waals surface area contributed by atoms with Gasteiger partial charge >= 0.3 is 0 Å². The predicted octanol–water partition coefficient (Wildman–Crippen LogP) is 4.33. The summed E-state index contributed by atoms with van der Waals surface area (Å²) in [4.78, 5) is 9.67. The molecule has 0 spiro atoms. The predicted molar refractivity (Wildman–Crippen MR) is 79.2 cm³/mol. The van der Waals surface area contributed by atoms with Crippen molar-refractivity contribution >= 4 is 33.2 Å². The highest BCUT2D eigenvalue weighted by Crippen LogP contribution is 2.40. The zero-order valence-corrected chi connectivity index (χ0v) is 12.0. The van der Waals surface area contributed by atoms with E-state index in [0.29, 0.717) is 5.02 Å². The van der Waals surface area contributed by atoms with Crippen molar-refractivity contribution in [1.82, 2.24) is 9.97 Å². The van der Waals surface area contributed by atoms with Gasteiger partial charge < -0.3 is 4.74 Å². The van der Waals surface area contributed by atoms with Crippen molar-refractivity contribution in [2.24, 2.45) is 0 Å². The molecule has 3 aromatic rings. The molecule has 3 rings (SSSR count). The molecule has 2 aromatic heterocycles. The number of benzene rings is 1. The van der Waals surface area contributed by atoms with Gasteiger partial charge in [-0.3, -0.25) is 0 Å². The van der Waals surface area contributed by atoms with Crippen LogP contribution in [0, 0.1) is 6.92 Å². The number of rotatable bonds is 2. The quantitative estimate of drug-likeness (QED) is 0.704. The first-order valence-electron chi connectivity index (χ1n) is 5.74. The smallest absolute Gasteiger partial charge is 0.129 e. The number of aromatic nitrogens is 2. The van der Waals surface area contributed by atoms with Gasteiger partial charge in [0, 0.05) is 5.39 Å². The van der Waals surface area contributed by atoms with Crippen LogP contribution in [0.4, 0.5) is 0 Å². The van der Waals surface area contributed by atoms with E-state index in [4.69, 9.17) is 16.3 Å². The number of nitrogens with zero attached hydrogens (tertiary/aromatic N) is 2. The number of aryl methyl sites for hydroxylation is 1. The molecule has 1 aromatic carbocycles. The fraction of sp³-hybridized carbons (Fsp3) is 0.143. The Morgan fingerprint density at radius 3 is 2.89 bits per heavy atom. The van der Waals surface area contributed by atoms with E-state index in [-0.39, 0.29) is 0 Å². The molecule has 0 radical (unpaired) electrons. The average Bonchev–Trinajstić information content (AvgIpc) is 2.80. The molecule has 2 heterocycles. The molecule has 19 heavy (non-hydrogen) atoms. The molecular weight excluding hydrogens is 280 g/mol. The molecule has 0 aliphatic heterocycles. The Morgan fingerprint density at radius 2 is 2.11 bits per heavy atom. The number of halogens is 1. The zero-order valence-electron chi connectivity index (χ0n) is 10.5. The maximum atomic E-state index is 6.33. The van der Waals surface area contributed by atoms with E-state index >= 15 is 0 Å². The Kier molecular flexibility index (Phi) is 3.12. The summed E-state index contributed by atoms with van der Waals surface area (Å²) in [7, 11) is 1.63. The molecule has 96 valence electrons. The number of thiophene rings is 1. The Hall–Kier alpha value is -1.65. The van der Waals surface area contributed by atoms with Crippen molar-refractivity contribution in [2.45, 2.75) is 6.92 Å². The lowest BCUT2D eigenvalue weighted by Gasteiger charge is -2.10. The summed E-state index contributed by atoms with van der Waals surface area (Å²) in [6.45, 7) is 2.05. The Labute approximate surface area is 119 Å². The first-order chi connectivity index (χ1) is 9.22. The third kappa shape index (κ3) is 1.97. The second-order valence-electron chi connectivity index (χ2n) is 4.14. The average molecular weight is 291 g/mol. The van der Waals surface area contributed by atoms with E-state index < -0.39 is 0 Å². The normalized spacial score (nSPS) is 10.9. The minimum absolute atomic E-state index is 0.630. The molecule has 0 amide bonds. The van der Waals surface area contributed by atoms with Gasteiger partial charge in [0.05, 0.1) is 23.4 Å². The molecule has 0 aliphatic rings. The summed E-state index contributed by atoms with van der Waals surface area (Å²) < 4.78 is 5.40. The fourth-order valence-corrected chi connectivity index (χ4v) is 3.26. The van der Waals surface area contributed by atoms with Crippen molar-refractivity contribution in [3.8, 4) is 17.0 Å². The first-order valence-corrected chi connectivity index (χ1v) is 7.00. The topological polar surface area (TPSA) is 35.0 Å². The van der Waals surface area contributed by atoms with Gasteiger partial charge in [0.2, 0.25) is 0 Å². The van der Waals surface area contributed by atoms with Crippen LogP contribution >= 0.6 is 22.9 Å². The minimum Gasteiger partial charge on any atom is -0.496 e. The summed E-state index contributed by atoms with van der Waals surface area (Å²) in [5.74, 6) is 0.720. The van der Waals surface area contributed by atoms with Gasteiger partial charge in [-0.05, 0) is 30.0 Å². The summed E-state index contributed by atoms with van der Waals surface area (Å²) in [5.41, 5.74) is 2.80. The standard InChI is InChI=1S/C14H11ClN2OS/c1-8-6-19-14-11(8)13(16-7-17-14)12-9(15)4-3-5-10(12)18-2/h3-7H,1-2H3. The minimum atomic E-state index is 0.630. The van der Waals surface area contributed by atoms with Crippen LogP contribution in [-0.4, -0.2) is 17.1 Å². The molecule has 3 nitrogen and oxygen atoms in total. The molecule has 0 atom stereocenters. The van der Waals surface area contributed by atoms with Gasteiger partial charge in [-0.15, -0.1) is 11.3 Å². The van der Waals surface area contributed by atoms with Crippen LogP contribution in [0.5, 0.6) is 5.75 Å². The zero-order chi connectivity index (χ0) is 13.4. The van der Waals surface area contributed by atoms with Gasteiger partial charge in [-0.2, -0.15) is 0 Å². The molecular formula is C14H11ClN2OS. The van der Waals surface area contributed by atoms with Crippen LogP contribution < -0.4 is 4.74 Å². The van der Waals surface area contributed by atoms with Crippen molar-refractivity contribution in [3.63, 3.8) is 0 Å². The van der Waals surface area contributed by atoms with Crippen molar-refractivity contribution in [1.29, 1.82) is 0 Å². The van der Waals surface area contributed by atoms with Gasteiger partial charge in [0.15, 0.2) is 0 Å². The highest BCUT2D eigenvalue weighted by molar-refractivity contribution is 7.17. The Bertz CT molecular complexity index is 754. The number of ether oxygens (including phenoxy) is 1. The lowest BCUT2D eigenvalue weighted by atomic mass is 10.1. The second-order valence-corrected chi connectivity index (χ2v) is 5.40. The van der Waals surface area contributed by atoms with Crippen LogP contribution in [0.2, 0.25) is 5.02 Å². The van der Waals surface area contributed by atoms with E-state index in [2.05, 4.69) is 22.3 Å². The molecule has 0 fully saturated rings. The van der Waals surface area contributed by atoms with Gasteiger partial charge in [0.1, 0.15) is 16.9 Å². The van der Waals surface area contributed by atoms with Crippen molar-refractivity contribution in [2.75, 3.05) is 7.11 Å². The molecule has 0 aliphatic carbocycles. The summed E-state index contributed by atoms with van der Waals surface area (Å²) >= 11 is 7.93. The van der Waals surface area contributed by atoms with Crippen LogP contribution in [-0.2, 0) is 0 Å². The largest absolute Gasteiger partial charge is 0.496 e. The lowest BCUT2D eigenvalue weighted by Crippen LogP contribution is -1.93. The SMILES string of the molecule is COc1cccc(Cl)c1-c1ncnc2scc(C)c12. The summed E-state index contributed by atoms with van der Waals surface area (Å²) in [6, 6.07) is 5.59. The number of fused-ring (bicyclic) bond motifs is 1. The van der Waals surface area contributed by atoms with E-state index in [0.717, 1.165) is 32.8 Å². The van der Waals surface area contributed by atoms with E-state index in [1.165, 1.54) is 0 Å². The molecule has 5 heteroatoms. The fourth-order valence-electron chi connectivity index (χ4n) is 2.11. The maximum Gasteiger partial charge on any atom is 0.129 e. The monoisotopic (exact) mass is 290 g/mol. The third-order valence-electron chi connectivity index (χ3n) is 2.99. The van der Waals surface area contributed by atoms with Gasteiger partial charge in [-0.1, -0.05) is 17.7 Å². The van der Waals surface area contributed by atoms with Gasteiger partial charge in [0.25, 0.3) is 0 Å².